The number of hydrogen-bond donors (Lipinski definition) is 1. The fourth-order valence-electron chi connectivity index (χ4n) is 2.79. The van der Waals surface area contributed by atoms with E-state index in [1.165, 1.54) is 12.8 Å². The van der Waals surface area contributed by atoms with Crippen LogP contribution in [0, 0.1) is 11.8 Å². The molecule has 2 fully saturated rings. The van der Waals surface area contributed by atoms with Crippen LogP contribution in [0.3, 0.4) is 0 Å². The summed E-state index contributed by atoms with van der Waals surface area (Å²) in [7, 11) is 0. The number of halogens is 2. The minimum Gasteiger partial charge on any atom is -0.325 e. The van der Waals surface area contributed by atoms with Crippen molar-refractivity contribution in [2.45, 2.75) is 63.3 Å². The zero-order valence-corrected chi connectivity index (χ0v) is 9.44. The predicted molar refractivity (Wildman–Crippen MR) is 56.8 cm³/mol. The van der Waals surface area contributed by atoms with Gasteiger partial charge in [0.1, 0.15) is 0 Å². The van der Waals surface area contributed by atoms with Gasteiger partial charge in [0.2, 0.25) is 5.92 Å². The Labute approximate surface area is 90.4 Å². The van der Waals surface area contributed by atoms with Crippen molar-refractivity contribution in [1.82, 2.24) is 0 Å². The lowest BCUT2D eigenvalue weighted by Crippen LogP contribution is -2.47. The molecule has 2 N–H and O–H groups in total. The molecule has 1 unspecified atom stereocenters. The molecule has 2 rings (SSSR count). The Kier molecular flexibility index (Phi) is 2.78. The highest BCUT2D eigenvalue weighted by Crippen LogP contribution is 2.44. The Hall–Kier alpha value is -0.180. The van der Waals surface area contributed by atoms with Crippen LogP contribution in [0.1, 0.15) is 51.9 Å². The Morgan fingerprint density at radius 3 is 2.20 bits per heavy atom. The molecule has 0 bridgehead atoms. The second-order valence-corrected chi connectivity index (χ2v) is 5.74. The molecule has 0 spiro atoms. The van der Waals surface area contributed by atoms with Gasteiger partial charge in [-0.2, -0.15) is 0 Å². The summed E-state index contributed by atoms with van der Waals surface area (Å²) in [4.78, 5) is 0. The van der Waals surface area contributed by atoms with Gasteiger partial charge in [0.05, 0.1) is 0 Å². The van der Waals surface area contributed by atoms with Crippen molar-refractivity contribution in [1.29, 1.82) is 0 Å². The SMILES string of the molecule is CC(CC1(N)CCC(F)(F)CC1)C1CC1. The maximum Gasteiger partial charge on any atom is 0.248 e. The molecule has 3 heteroatoms. The van der Waals surface area contributed by atoms with E-state index in [-0.39, 0.29) is 18.4 Å². The highest BCUT2D eigenvalue weighted by molar-refractivity contribution is 4.95. The van der Waals surface area contributed by atoms with Crippen molar-refractivity contribution in [3.05, 3.63) is 0 Å². The van der Waals surface area contributed by atoms with Crippen LogP contribution in [0.2, 0.25) is 0 Å². The van der Waals surface area contributed by atoms with E-state index < -0.39 is 5.92 Å². The van der Waals surface area contributed by atoms with Crippen LogP contribution in [0.5, 0.6) is 0 Å². The molecule has 88 valence electrons. The number of rotatable bonds is 3. The molecular formula is C12H21F2N. The van der Waals surface area contributed by atoms with E-state index in [1.54, 1.807) is 0 Å². The Morgan fingerprint density at radius 2 is 1.73 bits per heavy atom. The molecule has 0 heterocycles. The van der Waals surface area contributed by atoms with Crippen LogP contribution in [0.15, 0.2) is 0 Å². The third-order valence-corrected chi connectivity index (χ3v) is 4.13. The van der Waals surface area contributed by atoms with E-state index in [2.05, 4.69) is 6.92 Å². The van der Waals surface area contributed by atoms with Gasteiger partial charge in [-0.15, -0.1) is 0 Å². The summed E-state index contributed by atoms with van der Waals surface area (Å²) >= 11 is 0. The lowest BCUT2D eigenvalue weighted by atomic mass is 9.75. The maximum absolute atomic E-state index is 13.0. The van der Waals surface area contributed by atoms with Gasteiger partial charge in [-0.3, -0.25) is 0 Å². The van der Waals surface area contributed by atoms with Gasteiger partial charge >= 0.3 is 0 Å². The molecule has 2 saturated carbocycles. The molecule has 0 aliphatic heterocycles. The summed E-state index contributed by atoms with van der Waals surface area (Å²) in [6.07, 6.45) is 4.53. The first-order chi connectivity index (χ1) is 6.90. The van der Waals surface area contributed by atoms with Crippen molar-refractivity contribution in [2.24, 2.45) is 17.6 Å². The van der Waals surface area contributed by atoms with Crippen LogP contribution in [-0.4, -0.2) is 11.5 Å². The van der Waals surface area contributed by atoms with Gasteiger partial charge in [0.15, 0.2) is 0 Å². The molecule has 0 saturated heterocycles. The van der Waals surface area contributed by atoms with Crippen LogP contribution in [-0.2, 0) is 0 Å². The topological polar surface area (TPSA) is 26.0 Å². The average molecular weight is 217 g/mol. The van der Waals surface area contributed by atoms with E-state index in [1.807, 2.05) is 0 Å². The predicted octanol–water partition coefficient (Wildman–Crippen LogP) is 3.33. The normalized spacial score (nSPS) is 31.2. The third-order valence-electron chi connectivity index (χ3n) is 4.13. The van der Waals surface area contributed by atoms with Gasteiger partial charge < -0.3 is 5.73 Å². The molecule has 0 aromatic carbocycles. The van der Waals surface area contributed by atoms with Gasteiger partial charge in [-0.25, -0.2) is 8.78 Å². The highest BCUT2D eigenvalue weighted by atomic mass is 19.3. The van der Waals surface area contributed by atoms with Gasteiger partial charge in [0, 0.05) is 18.4 Å². The van der Waals surface area contributed by atoms with Gasteiger partial charge in [-0.1, -0.05) is 6.92 Å². The van der Waals surface area contributed by atoms with Crippen molar-refractivity contribution in [2.75, 3.05) is 0 Å². The fraction of sp³-hybridized carbons (Fsp3) is 1.00. The second kappa shape index (κ2) is 3.69. The number of nitrogens with two attached hydrogens (primary N) is 1. The summed E-state index contributed by atoms with van der Waals surface area (Å²) in [5, 5.41) is 0. The van der Waals surface area contributed by atoms with Gasteiger partial charge in [0.25, 0.3) is 0 Å². The van der Waals surface area contributed by atoms with Crippen LogP contribution in [0.4, 0.5) is 8.78 Å². The molecule has 0 radical (unpaired) electrons. The molecule has 0 amide bonds. The minimum absolute atomic E-state index is 0.0130. The molecular weight excluding hydrogens is 196 g/mol. The number of hydrogen-bond acceptors (Lipinski definition) is 1. The minimum atomic E-state index is -2.45. The molecule has 0 aromatic rings. The molecule has 1 nitrogen and oxygen atoms in total. The first-order valence-corrected chi connectivity index (χ1v) is 6.07. The first-order valence-electron chi connectivity index (χ1n) is 6.07. The average Bonchev–Trinajstić information content (AvgIpc) is 2.94. The Morgan fingerprint density at radius 1 is 1.20 bits per heavy atom. The molecule has 15 heavy (non-hydrogen) atoms. The third kappa shape index (κ3) is 2.90. The largest absolute Gasteiger partial charge is 0.325 e. The van der Waals surface area contributed by atoms with Gasteiger partial charge in [-0.05, 0) is 43.9 Å². The van der Waals surface area contributed by atoms with Crippen molar-refractivity contribution in [3.8, 4) is 0 Å². The van der Waals surface area contributed by atoms with E-state index in [4.69, 9.17) is 5.73 Å². The van der Waals surface area contributed by atoms with Crippen molar-refractivity contribution >= 4 is 0 Å². The van der Waals surface area contributed by atoms with Crippen molar-refractivity contribution < 1.29 is 8.78 Å². The Balaban J connectivity index is 1.85. The van der Waals surface area contributed by atoms with Crippen LogP contribution >= 0.6 is 0 Å². The smallest absolute Gasteiger partial charge is 0.248 e. The summed E-state index contributed by atoms with van der Waals surface area (Å²) in [5.74, 6) is -0.999. The van der Waals surface area contributed by atoms with Crippen molar-refractivity contribution in [3.63, 3.8) is 0 Å². The van der Waals surface area contributed by atoms with E-state index in [9.17, 15) is 8.78 Å². The lowest BCUT2D eigenvalue weighted by molar-refractivity contribution is -0.0534. The second-order valence-electron chi connectivity index (χ2n) is 5.74. The summed E-state index contributed by atoms with van der Waals surface area (Å²) in [6.45, 7) is 2.22. The number of alkyl halides is 2. The zero-order valence-electron chi connectivity index (χ0n) is 9.44. The van der Waals surface area contributed by atoms with E-state index in [0.717, 1.165) is 12.3 Å². The Bertz CT molecular complexity index is 226. The van der Waals surface area contributed by atoms with Crippen LogP contribution < -0.4 is 5.73 Å². The highest BCUT2D eigenvalue weighted by Gasteiger charge is 2.43. The molecule has 1 atom stereocenters. The standard InChI is InChI=1S/C12H21F2N/c1-9(10-2-3-10)8-11(15)4-6-12(13,14)7-5-11/h9-10H,2-8,15H2,1H3. The molecule has 2 aliphatic carbocycles. The summed E-state index contributed by atoms with van der Waals surface area (Å²) < 4.78 is 26.0. The fourth-order valence-corrected chi connectivity index (χ4v) is 2.79. The quantitative estimate of drug-likeness (QED) is 0.771. The zero-order chi connectivity index (χ0) is 11.1. The molecule has 2 aliphatic rings. The molecule has 0 aromatic heterocycles. The monoisotopic (exact) mass is 217 g/mol. The van der Waals surface area contributed by atoms with E-state index in [0.29, 0.717) is 18.8 Å². The summed E-state index contributed by atoms with van der Waals surface area (Å²) in [6, 6.07) is 0. The van der Waals surface area contributed by atoms with Crippen LogP contribution in [0.25, 0.3) is 0 Å². The van der Waals surface area contributed by atoms with E-state index >= 15 is 0 Å². The lowest BCUT2D eigenvalue weighted by Gasteiger charge is -2.38. The summed E-state index contributed by atoms with van der Waals surface area (Å²) in [5.41, 5.74) is 5.91. The maximum atomic E-state index is 13.0. The first kappa shape index (κ1) is 11.3.